The molecule has 4 aromatic rings. The number of aromatic amines is 1. The molecule has 1 N–H and O–H groups in total. The Bertz CT molecular complexity index is 1620. The fourth-order valence-electron chi connectivity index (χ4n) is 4.13. The summed E-state index contributed by atoms with van der Waals surface area (Å²) in [7, 11) is 0. The molecule has 1 atom stereocenters. The number of aromatic nitrogens is 3. The Morgan fingerprint density at radius 2 is 1.94 bits per heavy atom. The fraction of sp³-hybridized carbons (Fsp3) is 0.154. The Hall–Kier alpha value is -3.75. The summed E-state index contributed by atoms with van der Waals surface area (Å²) in [5.41, 5.74) is 3.91. The maximum absolute atomic E-state index is 13.7. The molecule has 2 aromatic heterocycles. The van der Waals surface area contributed by atoms with Gasteiger partial charge in [0.05, 0.1) is 40.3 Å². The van der Waals surface area contributed by atoms with Crippen molar-refractivity contribution < 1.29 is 9.53 Å². The second-order valence-electron chi connectivity index (χ2n) is 7.92. The van der Waals surface area contributed by atoms with Gasteiger partial charge in [-0.2, -0.15) is 5.10 Å². The number of hydrogen-bond donors (Lipinski definition) is 1. The Morgan fingerprint density at radius 3 is 2.66 bits per heavy atom. The third-order valence-electron chi connectivity index (χ3n) is 5.72. The number of H-pyrrole nitrogens is 1. The van der Waals surface area contributed by atoms with Crippen molar-refractivity contribution in [1.82, 2.24) is 14.8 Å². The van der Waals surface area contributed by atoms with Crippen LogP contribution in [-0.2, 0) is 9.53 Å². The van der Waals surface area contributed by atoms with Gasteiger partial charge in [0.25, 0.3) is 5.56 Å². The predicted octanol–water partition coefficient (Wildman–Crippen LogP) is 3.84. The van der Waals surface area contributed by atoms with E-state index in [1.807, 2.05) is 42.5 Å². The molecule has 0 spiro atoms. The van der Waals surface area contributed by atoms with Gasteiger partial charge in [0.15, 0.2) is 4.80 Å². The molecule has 5 rings (SSSR count). The Morgan fingerprint density at radius 1 is 1.20 bits per heavy atom. The third kappa shape index (κ3) is 4.26. The highest BCUT2D eigenvalue weighted by molar-refractivity contribution is 7.07. The zero-order chi connectivity index (χ0) is 24.5. The molecule has 35 heavy (non-hydrogen) atoms. The van der Waals surface area contributed by atoms with Crippen LogP contribution in [0.25, 0.3) is 17.3 Å². The lowest BCUT2D eigenvalue weighted by molar-refractivity contribution is -0.139. The van der Waals surface area contributed by atoms with E-state index >= 15 is 0 Å². The van der Waals surface area contributed by atoms with E-state index in [1.54, 1.807) is 42.8 Å². The van der Waals surface area contributed by atoms with Gasteiger partial charge >= 0.3 is 5.97 Å². The van der Waals surface area contributed by atoms with Crippen molar-refractivity contribution in [2.75, 3.05) is 6.61 Å². The molecule has 0 radical (unpaired) electrons. The second kappa shape index (κ2) is 9.48. The minimum absolute atomic E-state index is 0.218. The normalized spacial score (nSPS) is 15.6. The van der Waals surface area contributed by atoms with Gasteiger partial charge in [-0.05, 0) is 37.6 Å². The number of thiazole rings is 1. The number of carbonyl (C=O) groups is 1. The molecule has 9 heteroatoms. The highest BCUT2D eigenvalue weighted by Gasteiger charge is 2.33. The third-order valence-corrected chi connectivity index (χ3v) is 6.96. The summed E-state index contributed by atoms with van der Waals surface area (Å²) in [6, 6.07) is 16.2. The van der Waals surface area contributed by atoms with E-state index in [1.165, 1.54) is 11.3 Å². The Balaban J connectivity index is 1.70. The molecule has 1 aliphatic rings. The number of rotatable bonds is 5. The highest BCUT2D eigenvalue weighted by atomic mass is 35.5. The van der Waals surface area contributed by atoms with Crippen molar-refractivity contribution in [2.45, 2.75) is 19.9 Å². The molecule has 0 aliphatic carbocycles. The van der Waals surface area contributed by atoms with Gasteiger partial charge in [-0.25, -0.2) is 9.79 Å². The number of nitrogens with one attached hydrogen (secondary N) is 1. The van der Waals surface area contributed by atoms with Crippen LogP contribution in [-0.4, -0.2) is 27.3 Å². The van der Waals surface area contributed by atoms with Gasteiger partial charge in [0, 0.05) is 16.1 Å². The second-order valence-corrected chi connectivity index (χ2v) is 9.37. The van der Waals surface area contributed by atoms with Gasteiger partial charge in [0.1, 0.15) is 0 Å². The van der Waals surface area contributed by atoms with Crippen molar-refractivity contribution >= 4 is 35.0 Å². The number of benzene rings is 2. The van der Waals surface area contributed by atoms with Gasteiger partial charge in [-0.3, -0.25) is 14.5 Å². The van der Waals surface area contributed by atoms with Crippen LogP contribution in [0.1, 0.15) is 31.0 Å². The van der Waals surface area contributed by atoms with E-state index in [0.29, 0.717) is 25.6 Å². The van der Waals surface area contributed by atoms with E-state index < -0.39 is 12.0 Å². The predicted molar refractivity (Wildman–Crippen MR) is 136 cm³/mol. The maximum atomic E-state index is 13.7. The van der Waals surface area contributed by atoms with Crippen LogP contribution >= 0.6 is 22.9 Å². The summed E-state index contributed by atoms with van der Waals surface area (Å²) in [5, 5.41) is 7.76. The Labute approximate surface area is 209 Å². The lowest BCUT2D eigenvalue weighted by Gasteiger charge is -2.24. The van der Waals surface area contributed by atoms with E-state index in [9.17, 15) is 9.59 Å². The smallest absolute Gasteiger partial charge is 0.338 e. The molecule has 0 bridgehead atoms. The number of nitrogens with zero attached hydrogens (tertiary/aromatic N) is 3. The van der Waals surface area contributed by atoms with Crippen LogP contribution in [0, 0.1) is 0 Å². The van der Waals surface area contributed by atoms with Crippen LogP contribution in [0.3, 0.4) is 0 Å². The minimum Gasteiger partial charge on any atom is -0.463 e. The molecular weight excluding hydrogens is 484 g/mol. The fourth-order valence-corrected chi connectivity index (χ4v) is 5.30. The van der Waals surface area contributed by atoms with E-state index in [-0.39, 0.29) is 12.2 Å². The van der Waals surface area contributed by atoms with Crippen LogP contribution in [0.2, 0.25) is 5.02 Å². The molecule has 0 fully saturated rings. The number of hydrogen-bond acceptors (Lipinski definition) is 6. The average Bonchev–Trinajstić information content (AvgIpc) is 3.44. The Kier molecular flexibility index (Phi) is 6.23. The standard InChI is InChI=1S/C26H21ClN4O3S/c1-3-34-25(33)21-15(2)29-26-31(23(21)17-9-11-19(27)12-10-17)24(32)20(35-26)13-18-14-28-30-22(18)16-7-5-4-6-8-16/h4-14,23H,3H2,1-2H3,(H,28,30)/b20-13+/t23-/m0/s1. The summed E-state index contributed by atoms with van der Waals surface area (Å²) >= 11 is 7.38. The molecule has 2 aromatic carbocycles. The molecule has 1 aliphatic heterocycles. The number of fused-ring (bicyclic) bond motifs is 1. The molecule has 0 unspecified atom stereocenters. The first-order valence-electron chi connectivity index (χ1n) is 11.0. The van der Waals surface area contributed by atoms with Crippen molar-refractivity contribution in [1.29, 1.82) is 0 Å². The SMILES string of the molecule is CCOC(=O)C1=C(C)N=c2s/c(=C/c3cn[nH]c3-c3ccccc3)c(=O)n2[C@H]1c1ccc(Cl)cc1. The minimum atomic E-state index is -0.678. The number of halogens is 1. The van der Waals surface area contributed by atoms with Gasteiger partial charge in [-0.15, -0.1) is 0 Å². The molecule has 176 valence electrons. The van der Waals surface area contributed by atoms with Crippen molar-refractivity contribution in [3.05, 3.63) is 108 Å². The lowest BCUT2D eigenvalue weighted by atomic mass is 9.96. The monoisotopic (exact) mass is 504 g/mol. The van der Waals surface area contributed by atoms with Crippen molar-refractivity contribution in [3.63, 3.8) is 0 Å². The van der Waals surface area contributed by atoms with Crippen LogP contribution < -0.4 is 14.9 Å². The topological polar surface area (TPSA) is 89.3 Å². The van der Waals surface area contributed by atoms with Crippen molar-refractivity contribution in [2.24, 2.45) is 4.99 Å². The van der Waals surface area contributed by atoms with Gasteiger partial charge < -0.3 is 4.74 Å². The van der Waals surface area contributed by atoms with Crippen molar-refractivity contribution in [3.8, 4) is 11.3 Å². The summed E-state index contributed by atoms with van der Waals surface area (Å²) in [6.45, 7) is 3.72. The molecule has 0 saturated carbocycles. The first-order valence-corrected chi connectivity index (χ1v) is 12.2. The largest absolute Gasteiger partial charge is 0.463 e. The molecular formula is C26H21ClN4O3S. The summed E-state index contributed by atoms with van der Waals surface area (Å²) in [4.78, 5) is 31.8. The zero-order valence-electron chi connectivity index (χ0n) is 19.0. The van der Waals surface area contributed by atoms with E-state index in [4.69, 9.17) is 16.3 Å². The lowest BCUT2D eigenvalue weighted by Crippen LogP contribution is -2.39. The van der Waals surface area contributed by atoms with Crippen LogP contribution in [0.15, 0.2) is 81.9 Å². The van der Waals surface area contributed by atoms with Gasteiger partial charge in [0.2, 0.25) is 0 Å². The average molecular weight is 505 g/mol. The molecule has 0 saturated heterocycles. The van der Waals surface area contributed by atoms with Crippen LogP contribution in [0.5, 0.6) is 0 Å². The number of carbonyl (C=O) groups excluding carboxylic acids is 1. The van der Waals surface area contributed by atoms with E-state index in [2.05, 4.69) is 15.2 Å². The quantitative estimate of drug-likeness (QED) is 0.418. The number of ether oxygens (including phenoxy) is 1. The first kappa shape index (κ1) is 23.0. The summed E-state index contributed by atoms with van der Waals surface area (Å²) in [5.74, 6) is -0.496. The highest BCUT2D eigenvalue weighted by Crippen LogP contribution is 2.31. The molecule has 7 nitrogen and oxygen atoms in total. The van der Waals surface area contributed by atoms with Crippen LogP contribution in [0.4, 0.5) is 0 Å². The first-order chi connectivity index (χ1) is 17.0. The van der Waals surface area contributed by atoms with Gasteiger partial charge in [-0.1, -0.05) is 65.4 Å². The number of esters is 1. The summed E-state index contributed by atoms with van der Waals surface area (Å²) in [6.07, 6.45) is 3.49. The molecule has 3 heterocycles. The maximum Gasteiger partial charge on any atom is 0.338 e. The number of allylic oxidation sites excluding steroid dienone is 1. The van der Waals surface area contributed by atoms with E-state index in [0.717, 1.165) is 22.4 Å². The summed E-state index contributed by atoms with van der Waals surface area (Å²) < 4.78 is 7.37. The zero-order valence-corrected chi connectivity index (χ0v) is 20.6. The molecule has 0 amide bonds.